The summed E-state index contributed by atoms with van der Waals surface area (Å²) in [5, 5.41) is 12.7. The third-order valence-corrected chi connectivity index (χ3v) is 5.38. The van der Waals surface area contributed by atoms with Crippen LogP contribution in [0.5, 0.6) is 0 Å². The van der Waals surface area contributed by atoms with Gasteiger partial charge in [0.15, 0.2) is 16.9 Å². The van der Waals surface area contributed by atoms with Crippen LogP contribution in [0.1, 0.15) is 41.3 Å². The number of rotatable bonds is 7. The molecule has 4 heterocycles. The fourth-order valence-electron chi connectivity index (χ4n) is 3.17. The molecule has 43 heavy (non-hydrogen) atoms. The van der Waals surface area contributed by atoms with Crippen LogP contribution in [0, 0.1) is 14.4 Å². The monoisotopic (exact) mass is 795 g/mol. The van der Waals surface area contributed by atoms with Crippen LogP contribution in [0.2, 0.25) is 0 Å². The van der Waals surface area contributed by atoms with E-state index in [-0.39, 0.29) is 53.1 Å². The zero-order valence-corrected chi connectivity index (χ0v) is 27.0. The molecular formula is C24H33F5N8O5Re-2. The maximum absolute atomic E-state index is 13.5. The number of carbonyl (C=O) groups is 2. The Balaban J connectivity index is 0.00000106. The Morgan fingerprint density at radius 3 is 2.37 bits per heavy atom. The van der Waals surface area contributed by atoms with Gasteiger partial charge in [-0.3, -0.25) is 0 Å². The van der Waals surface area contributed by atoms with Gasteiger partial charge in [-0.1, -0.05) is 5.16 Å². The van der Waals surface area contributed by atoms with Gasteiger partial charge >= 0.3 is 12.2 Å². The third kappa shape index (κ3) is 11.7. The second-order valence-corrected chi connectivity index (χ2v) is 9.31. The second kappa shape index (κ2) is 16.5. The van der Waals surface area contributed by atoms with Crippen molar-refractivity contribution in [2.24, 2.45) is 0 Å². The van der Waals surface area contributed by atoms with E-state index in [2.05, 4.69) is 35.1 Å². The number of carbonyl (C=O) groups excluding carboxylic acids is 2. The van der Waals surface area contributed by atoms with Gasteiger partial charge in [0.05, 0.1) is 37.8 Å². The second-order valence-electron chi connectivity index (χ2n) is 9.31. The minimum Gasteiger partial charge on any atom is -0.662 e. The van der Waals surface area contributed by atoms with Crippen molar-refractivity contribution in [3.8, 4) is 0 Å². The predicted molar refractivity (Wildman–Crippen MR) is 139 cm³/mol. The Morgan fingerprint density at radius 1 is 1.23 bits per heavy atom. The molecule has 3 amide bonds. The number of nitrogens with one attached hydrogen (secondary N) is 2. The summed E-state index contributed by atoms with van der Waals surface area (Å²) in [6, 6.07) is 0.987. The third-order valence-electron chi connectivity index (χ3n) is 5.38. The fourth-order valence-corrected chi connectivity index (χ4v) is 3.17. The fraction of sp³-hybridized carbons (Fsp3) is 0.542. The Labute approximate surface area is 258 Å². The zero-order valence-electron chi connectivity index (χ0n) is 24.3. The van der Waals surface area contributed by atoms with Crippen molar-refractivity contribution in [2.45, 2.75) is 51.4 Å². The number of fused-ring (bicyclic) bond motifs is 1. The summed E-state index contributed by atoms with van der Waals surface area (Å²) in [6.07, 6.45) is -1.38. The summed E-state index contributed by atoms with van der Waals surface area (Å²) in [5.74, 6) is -3.88. The molecule has 1 aliphatic heterocycles. The Kier molecular flexibility index (Phi) is 15.3. The number of methoxy groups -OCH3 is 1. The molecule has 2 N–H and O–H groups in total. The summed E-state index contributed by atoms with van der Waals surface area (Å²) in [5.41, 5.74) is 5.99. The molecule has 0 aromatic carbocycles. The van der Waals surface area contributed by atoms with Crippen molar-refractivity contribution in [1.82, 2.24) is 35.1 Å². The molecule has 13 nitrogen and oxygen atoms in total. The SMILES string of the molecule is CC(C)(OCCc1cn2ncc(CN3CC(F)(F)CNC3=O)cc2n1)C(F)(F)F.COC.Cc1nonc1C([NH-])=O.[CH3-].[Re]. The van der Waals surface area contributed by atoms with E-state index in [4.69, 9.17) is 10.5 Å². The summed E-state index contributed by atoms with van der Waals surface area (Å²) >= 11 is 0. The maximum atomic E-state index is 13.5. The largest absolute Gasteiger partial charge is 0.662 e. The predicted octanol–water partition coefficient (Wildman–Crippen LogP) is 4.07. The zero-order chi connectivity index (χ0) is 31.0. The molecule has 4 rings (SSSR count). The van der Waals surface area contributed by atoms with E-state index >= 15 is 0 Å². The van der Waals surface area contributed by atoms with Crippen LogP contribution in [0.15, 0.2) is 23.1 Å². The van der Waals surface area contributed by atoms with Gasteiger partial charge in [0.2, 0.25) is 0 Å². The molecule has 0 aliphatic carbocycles. The molecule has 3 aromatic heterocycles. The Bertz CT molecular complexity index is 1320. The molecule has 19 heteroatoms. The number of halogens is 5. The Morgan fingerprint density at radius 2 is 1.86 bits per heavy atom. The normalized spacial score (nSPS) is 14.3. The van der Waals surface area contributed by atoms with E-state index in [9.17, 15) is 31.5 Å². The Hall–Kier alpha value is -3.27. The molecular weight excluding hydrogens is 762 g/mol. The molecule has 3 aromatic rings. The van der Waals surface area contributed by atoms with Crippen molar-refractivity contribution >= 4 is 17.6 Å². The van der Waals surface area contributed by atoms with Crippen molar-refractivity contribution in [3.63, 3.8) is 0 Å². The van der Waals surface area contributed by atoms with E-state index in [0.717, 1.165) is 18.7 Å². The van der Waals surface area contributed by atoms with Crippen LogP contribution < -0.4 is 5.32 Å². The first-order valence-corrected chi connectivity index (χ1v) is 11.9. The number of nitrogens with zero attached hydrogens (tertiary/aromatic N) is 6. The molecule has 243 valence electrons. The molecule has 1 saturated heterocycles. The number of ether oxygens (including phenoxy) is 2. The molecule has 0 bridgehead atoms. The van der Waals surface area contributed by atoms with Gasteiger partial charge in [0, 0.05) is 47.6 Å². The number of amides is 3. The van der Waals surface area contributed by atoms with Gasteiger partial charge in [0.25, 0.3) is 5.92 Å². The minimum atomic E-state index is -4.49. The van der Waals surface area contributed by atoms with Gasteiger partial charge in [-0.2, -0.15) is 18.3 Å². The van der Waals surface area contributed by atoms with Crippen LogP contribution in [-0.2, 0) is 42.9 Å². The summed E-state index contributed by atoms with van der Waals surface area (Å²) in [4.78, 5) is 27.2. The maximum Gasteiger partial charge on any atom is 0.416 e. The van der Waals surface area contributed by atoms with E-state index in [1.54, 1.807) is 33.4 Å². The van der Waals surface area contributed by atoms with Crippen molar-refractivity contribution < 1.29 is 66.1 Å². The number of alkyl halides is 5. The first-order chi connectivity index (χ1) is 19.0. The van der Waals surface area contributed by atoms with Crippen LogP contribution in [0.4, 0.5) is 26.7 Å². The number of imidazole rings is 1. The van der Waals surface area contributed by atoms with E-state index < -0.39 is 42.7 Å². The number of aryl methyl sites for hydroxylation is 1. The molecule has 1 aliphatic rings. The number of urea groups is 1. The smallest absolute Gasteiger partial charge is 0.416 e. The van der Waals surface area contributed by atoms with Crippen LogP contribution in [0.25, 0.3) is 11.4 Å². The average Bonchev–Trinajstić information content (AvgIpc) is 3.47. The first kappa shape index (κ1) is 39.7. The molecule has 0 unspecified atom stereocenters. The van der Waals surface area contributed by atoms with Gasteiger partial charge in [-0.05, 0) is 37.6 Å². The van der Waals surface area contributed by atoms with E-state index in [1.807, 2.05) is 0 Å². The summed E-state index contributed by atoms with van der Waals surface area (Å²) < 4.78 is 80.2. The molecule has 0 spiro atoms. The molecule has 1 fully saturated rings. The van der Waals surface area contributed by atoms with Crippen molar-refractivity contribution in [3.05, 3.63) is 54.3 Å². The minimum absolute atomic E-state index is 0. The quantitative estimate of drug-likeness (QED) is 0.275. The molecule has 1 radical (unpaired) electrons. The van der Waals surface area contributed by atoms with Gasteiger partial charge in [-0.15, -0.1) is 0 Å². The van der Waals surface area contributed by atoms with Crippen molar-refractivity contribution in [1.29, 1.82) is 0 Å². The standard InChI is InChI=1S/C17H20F5N5O2.C4H5N3O2.C2H6O.CH3.Re/c1-15(2,17(20,21)22)29-4-3-12-8-27-13(25-12)5-11(6-24-27)7-26-10-16(18,19)9-23-14(26)28;1-2-3(4(5)8)7-9-6-2;1-3-2;;/h5-6,8H,3-4,7,9-10H2,1-2H3,(H,23,28);1H3,(H2,5,8);1-2H3;1H3;/q;;;-1;/p-1. The molecule has 0 saturated carbocycles. The van der Waals surface area contributed by atoms with Gasteiger partial charge in [-0.25, -0.2) is 27.7 Å². The van der Waals surface area contributed by atoms with E-state index in [1.165, 1.54) is 10.7 Å². The molecule has 0 atom stereocenters. The van der Waals surface area contributed by atoms with Gasteiger partial charge < -0.3 is 37.6 Å². The number of aromatic nitrogens is 5. The van der Waals surface area contributed by atoms with Crippen LogP contribution >= 0.6 is 0 Å². The average molecular weight is 795 g/mol. The van der Waals surface area contributed by atoms with Crippen LogP contribution in [-0.4, -0.2) is 93.4 Å². The first-order valence-electron chi connectivity index (χ1n) is 11.9. The summed E-state index contributed by atoms with van der Waals surface area (Å²) in [6.45, 7) is 1.79. The summed E-state index contributed by atoms with van der Waals surface area (Å²) in [7, 11) is 3.25. The van der Waals surface area contributed by atoms with Gasteiger partial charge in [0.1, 0.15) is 11.6 Å². The topological polar surface area (TPSA) is 161 Å². The van der Waals surface area contributed by atoms with Crippen LogP contribution in [0.3, 0.4) is 0 Å². The number of hydrogen-bond acceptors (Lipinski definition) is 9. The van der Waals surface area contributed by atoms with Crippen molar-refractivity contribution in [2.75, 3.05) is 33.9 Å². The number of hydrogen-bond donors (Lipinski definition) is 1. The van der Waals surface area contributed by atoms with E-state index in [0.29, 0.717) is 22.6 Å².